The predicted octanol–water partition coefficient (Wildman–Crippen LogP) is 1.62. The van der Waals surface area contributed by atoms with Crippen molar-refractivity contribution in [2.75, 3.05) is 19.7 Å². The number of likely N-dealkylation sites (tertiary alicyclic amines) is 1. The maximum absolute atomic E-state index is 12.8. The number of aromatic nitrogens is 3. The first-order chi connectivity index (χ1) is 14.1. The molecule has 1 aliphatic heterocycles. The van der Waals surface area contributed by atoms with Crippen LogP contribution in [0.25, 0.3) is 5.82 Å². The standard InChI is InChI=1S/C21H23N5O3/c1-24-21(25-10-5-6-11-25)18(13-22-24)20(28)23-16-9-12-26(14-16)19(27)15-29-17-7-3-2-4-8-17/h2-8,10-11,13,16H,9,12,14-15H2,1H3,(H,23,28)/t16-/m1/s1. The number of ether oxygens (including phenoxy) is 1. The van der Waals surface area contributed by atoms with Crippen molar-refractivity contribution in [1.29, 1.82) is 0 Å². The van der Waals surface area contributed by atoms with E-state index in [1.165, 1.54) is 0 Å². The van der Waals surface area contributed by atoms with Gasteiger partial charge in [0, 0.05) is 38.6 Å². The Hall–Kier alpha value is -3.55. The van der Waals surface area contributed by atoms with Gasteiger partial charge in [-0.15, -0.1) is 0 Å². The number of benzene rings is 1. The largest absolute Gasteiger partial charge is 0.484 e. The monoisotopic (exact) mass is 393 g/mol. The lowest BCUT2D eigenvalue weighted by molar-refractivity contribution is -0.132. The van der Waals surface area contributed by atoms with Crippen LogP contribution in [0.3, 0.4) is 0 Å². The van der Waals surface area contributed by atoms with E-state index in [0.717, 1.165) is 0 Å². The number of para-hydroxylation sites is 1. The summed E-state index contributed by atoms with van der Waals surface area (Å²) < 4.78 is 9.05. The molecule has 0 unspecified atom stereocenters. The number of rotatable bonds is 6. The van der Waals surface area contributed by atoms with Gasteiger partial charge in [-0.1, -0.05) is 18.2 Å². The van der Waals surface area contributed by atoms with Crippen LogP contribution in [0.1, 0.15) is 16.8 Å². The highest BCUT2D eigenvalue weighted by atomic mass is 16.5. The second-order valence-corrected chi connectivity index (χ2v) is 7.00. The molecule has 0 radical (unpaired) electrons. The zero-order chi connectivity index (χ0) is 20.2. The second kappa shape index (κ2) is 8.22. The van der Waals surface area contributed by atoms with Crippen LogP contribution in [0.15, 0.2) is 61.1 Å². The van der Waals surface area contributed by atoms with Crippen LogP contribution in [0.2, 0.25) is 0 Å². The first kappa shape index (κ1) is 18.8. The van der Waals surface area contributed by atoms with Crippen molar-refractivity contribution in [1.82, 2.24) is 24.6 Å². The number of carbonyl (C=O) groups excluding carboxylic acids is 2. The van der Waals surface area contributed by atoms with Gasteiger partial charge in [-0.05, 0) is 30.7 Å². The molecular weight excluding hydrogens is 370 g/mol. The van der Waals surface area contributed by atoms with Gasteiger partial charge in [0.05, 0.1) is 6.20 Å². The predicted molar refractivity (Wildman–Crippen MR) is 107 cm³/mol. The Morgan fingerprint density at radius 3 is 2.69 bits per heavy atom. The molecule has 3 heterocycles. The molecular formula is C21H23N5O3. The number of hydrogen-bond acceptors (Lipinski definition) is 4. The second-order valence-electron chi connectivity index (χ2n) is 7.00. The van der Waals surface area contributed by atoms with Crippen molar-refractivity contribution in [2.45, 2.75) is 12.5 Å². The highest BCUT2D eigenvalue weighted by Crippen LogP contribution is 2.16. The van der Waals surface area contributed by atoms with Crippen molar-refractivity contribution in [3.8, 4) is 11.6 Å². The van der Waals surface area contributed by atoms with Gasteiger partial charge in [-0.2, -0.15) is 5.10 Å². The van der Waals surface area contributed by atoms with Crippen LogP contribution in [-0.2, 0) is 11.8 Å². The van der Waals surface area contributed by atoms with Crippen LogP contribution in [0.5, 0.6) is 5.75 Å². The SMILES string of the molecule is Cn1ncc(C(=O)N[C@@H]2CCN(C(=O)COc3ccccc3)C2)c1-n1cccc1. The summed E-state index contributed by atoms with van der Waals surface area (Å²) in [7, 11) is 1.80. The van der Waals surface area contributed by atoms with Crippen molar-refractivity contribution in [3.05, 3.63) is 66.6 Å². The molecule has 1 atom stereocenters. The topological polar surface area (TPSA) is 81.4 Å². The summed E-state index contributed by atoms with van der Waals surface area (Å²) in [4.78, 5) is 26.9. The summed E-state index contributed by atoms with van der Waals surface area (Å²) in [5, 5.41) is 7.25. The lowest BCUT2D eigenvalue weighted by Gasteiger charge is -2.17. The van der Waals surface area contributed by atoms with E-state index in [0.29, 0.717) is 36.6 Å². The lowest BCUT2D eigenvalue weighted by Crippen LogP contribution is -2.39. The lowest BCUT2D eigenvalue weighted by atomic mass is 10.2. The van der Waals surface area contributed by atoms with Gasteiger partial charge < -0.3 is 19.5 Å². The number of nitrogens with zero attached hydrogens (tertiary/aromatic N) is 4. The Morgan fingerprint density at radius 2 is 1.93 bits per heavy atom. The zero-order valence-corrected chi connectivity index (χ0v) is 16.2. The highest BCUT2D eigenvalue weighted by molar-refractivity contribution is 5.97. The Kier molecular flexibility index (Phi) is 5.33. The average molecular weight is 393 g/mol. The molecule has 1 aromatic carbocycles. The van der Waals surface area contributed by atoms with Crippen LogP contribution in [0, 0.1) is 0 Å². The number of amides is 2. The molecule has 8 nitrogen and oxygen atoms in total. The average Bonchev–Trinajstić information content (AvgIpc) is 3.47. The molecule has 1 fully saturated rings. The summed E-state index contributed by atoms with van der Waals surface area (Å²) >= 11 is 0. The van der Waals surface area contributed by atoms with E-state index < -0.39 is 0 Å². The van der Waals surface area contributed by atoms with E-state index in [4.69, 9.17) is 4.74 Å². The third-order valence-corrected chi connectivity index (χ3v) is 4.98. The van der Waals surface area contributed by atoms with Gasteiger partial charge in [0.25, 0.3) is 11.8 Å². The van der Waals surface area contributed by atoms with Crippen LogP contribution >= 0.6 is 0 Å². The summed E-state index contributed by atoms with van der Waals surface area (Å²) in [6.07, 6.45) is 6.02. The third kappa shape index (κ3) is 4.16. The molecule has 1 N–H and O–H groups in total. The number of nitrogens with one attached hydrogen (secondary N) is 1. The molecule has 2 aromatic heterocycles. The molecule has 0 bridgehead atoms. The van der Waals surface area contributed by atoms with E-state index in [9.17, 15) is 9.59 Å². The number of aryl methyl sites for hydroxylation is 1. The molecule has 1 saturated heterocycles. The minimum Gasteiger partial charge on any atom is -0.484 e. The van der Waals surface area contributed by atoms with Gasteiger partial charge in [0.1, 0.15) is 17.1 Å². The van der Waals surface area contributed by atoms with Crippen molar-refractivity contribution >= 4 is 11.8 Å². The Labute approximate surface area is 168 Å². The molecule has 4 rings (SSSR count). The summed E-state index contributed by atoms with van der Waals surface area (Å²) in [6, 6.07) is 12.9. The zero-order valence-electron chi connectivity index (χ0n) is 16.2. The van der Waals surface area contributed by atoms with Crippen LogP contribution < -0.4 is 10.1 Å². The van der Waals surface area contributed by atoms with Crippen molar-refractivity contribution in [3.63, 3.8) is 0 Å². The molecule has 150 valence electrons. The first-order valence-corrected chi connectivity index (χ1v) is 9.53. The molecule has 0 spiro atoms. The molecule has 0 saturated carbocycles. The maximum atomic E-state index is 12.8. The van der Waals surface area contributed by atoms with Crippen LogP contribution in [-0.4, -0.2) is 56.8 Å². The quantitative estimate of drug-likeness (QED) is 0.690. The van der Waals surface area contributed by atoms with E-state index in [1.807, 2.05) is 59.4 Å². The fourth-order valence-electron chi connectivity index (χ4n) is 3.49. The van der Waals surface area contributed by atoms with E-state index in [2.05, 4.69) is 10.4 Å². The summed E-state index contributed by atoms with van der Waals surface area (Å²) in [5.74, 6) is 1.09. The summed E-state index contributed by atoms with van der Waals surface area (Å²) in [5.41, 5.74) is 0.501. The van der Waals surface area contributed by atoms with Gasteiger partial charge in [-0.25, -0.2) is 0 Å². The Bertz CT molecular complexity index is 981. The molecule has 3 aromatic rings. The molecule has 2 amide bonds. The van der Waals surface area contributed by atoms with Gasteiger partial charge >= 0.3 is 0 Å². The normalized spacial score (nSPS) is 16.0. The van der Waals surface area contributed by atoms with E-state index >= 15 is 0 Å². The minimum atomic E-state index is -0.193. The first-order valence-electron chi connectivity index (χ1n) is 9.53. The molecule has 0 aliphatic carbocycles. The Balaban J connectivity index is 1.33. The number of hydrogen-bond donors (Lipinski definition) is 1. The fraction of sp³-hybridized carbons (Fsp3) is 0.286. The van der Waals surface area contributed by atoms with Gasteiger partial charge in [-0.3, -0.25) is 14.3 Å². The molecule has 1 aliphatic rings. The van der Waals surface area contributed by atoms with E-state index in [1.54, 1.807) is 22.8 Å². The third-order valence-electron chi connectivity index (χ3n) is 4.98. The smallest absolute Gasteiger partial charge is 0.260 e. The van der Waals surface area contributed by atoms with Gasteiger partial charge in [0.15, 0.2) is 6.61 Å². The molecule has 29 heavy (non-hydrogen) atoms. The van der Waals surface area contributed by atoms with Crippen LogP contribution in [0.4, 0.5) is 0 Å². The van der Waals surface area contributed by atoms with Crippen molar-refractivity contribution < 1.29 is 14.3 Å². The fourth-order valence-corrected chi connectivity index (χ4v) is 3.49. The van der Waals surface area contributed by atoms with Crippen molar-refractivity contribution in [2.24, 2.45) is 7.05 Å². The van der Waals surface area contributed by atoms with E-state index in [-0.39, 0.29) is 24.5 Å². The highest BCUT2D eigenvalue weighted by Gasteiger charge is 2.29. The number of carbonyl (C=O) groups is 2. The molecule has 8 heteroatoms. The Morgan fingerprint density at radius 1 is 1.17 bits per heavy atom. The van der Waals surface area contributed by atoms with Gasteiger partial charge in [0.2, 0.25) is 0 Å². The maximum Gasteiger partial charge on any atom is 0.260 e. The summed E-state index contributed by atoms with van der Waals surface area (Å²) in [6.45, 7) is 1.06. The minimum absolute atomic E-state index is 0.00887.